The molecule has 0 unspecified atom stereocenters. The van der Waals surface area contributed by atoms with E-state index in [1.165, 1.54) is 50.8 Å². The Morgan fingerprint density at radius 3 is 2.38 bits per heavy atom. The molecule has 152 valence electrons. The summed E-state index contributed by atoms with van der Waals surface area (Å²) in [6.45, 7) is 4.10. The Hall–Kier alpha value is -2.20. The maximum absolute atomic E-state index is 12.6. The maximum atomic E-state index is 12.6. The average Bonchev–Trinajstić information content (AvgIpc) is 2.95. The molecule has 3 heterocycles. The maximum Gasteiger partial charge on any atom is 0.272 e. The second kappa shape index (κ2) is 8.27. The van der Waals surface area contributed by atoms with Gasteiger partial charge < -0.3 is 4.90 Å². The minimum atomic E-state index is 0.0714. The molecule has 1 amide bonds. The van der Waals surface area contributed by atoms with Crippen LogP contribution in [0.4, 0.5) is 0 Å². The smallest absolute Gasteiger partial charge is 0.272 e. The van der Waals surface area contributed by atoms with E-state index in [-0.39, 0.29) is 5.91 Å². The van der Waals surface area contributed by atoms with Gasteiger partial charge in [0.2, 0.25) is 0 Å². The molecule has 2 fully saturated rings. The number of amides is 1. The van der Waals surface area contributed by atoms with Gasteiger partial charge in [-0.25, -0.2) is 0 Å². The lowest BCUT2D eigenvalue weighted by molar-refractivity contribution is 0.0707. The van der Waals surface area contributed by atoms with Crippen molar-refractivity contribution >= 4 is 5.91 Å². The van der Waals surface area contributed by atoms with Gasteiger partial charge in [0.05, 0.1) is 0 Å². The second-order valence-electron chi connectivity index (χ2n) is 8.93. The van der Waals surface area contributed by atoms with E-state index >= 15 is 0 Å². The van der Waals surface area contributed by atoms with E-state index in [1.807, 2.05) is 23.1 Å². The van der Waals surface area contributed by atoms with Crippen molar-refractivity contribution in [3.8, 4) is 0 Å². The fourth-order valence-corrected chi connectivity index (χ4v) is 5.20. The van der Waals surface area contributed by atoms with Crippen LogP contribution in [-0.4, -0.2) is 52.9 Å². The molecule has 0 radical (unpaired) electrons. The van der Waals surface area contributed by atoms with Gasteiger partial charge in [0.15, 0.2) is 0 Å². The third-order valence-electron chi connectivity index (χ3n) is 7.30. The first-order valence-electron chi connectivity index (χ1n) is 11.3. The van der Waals surface area contributed by atoms with E-state index in [4.69, 9.17) is 0 Å². The third-order valence-corrected chi connectivity index (χ3v) is 7.30. The number of piperidine rings is 1. The summed E-state index contributed by atoms with van der Waals surface area (Å²) in [6.07, 6.45) is 10.4. The fourth-order valence-electron chi connectivity index (χ4n) is 5.20. The van der Waals surface area contributed by atoms with E-state index in [0.717, 1.165) is 32.0 Å². The van der Waals surface area contributed by atoms with Gasteiger partial charge in [0, 0.05) is 38.4 Å². The molecule has 0 atom stereocenters. The van der Waals surface area contributed by atoms with Crippen molar-refractivity contribution in [1.29, 1.82) is 0 Å². The Bertz CT molecular complexity index is 854. The van der Waals surface area contributed by atoms with Gasteiger partial charge in [-0.2, -0.15) is 0 Å². The zero-order valence-electron chi connectivity index (χ0n) is 17.2. The molecule has 29 heavy (non-hydrogen) atoms. The summed E-state index contributed by atoms with van der Waals surface area (Å²) in [5, 5.41) is 0. The first-order valence-corrected chi connectivity index (χ1v) is 11.3. The van der Waals surface area contributed by atoms with Gasteiger partial charge in [0.25, 0.3) is 5.91 Å². The summed E-state index contributed by atoms with van der Waals surface area (Å²) in [5.41, 5.74) is 5.16. The van der Waals surface area contributed by atoms with E-state index in [1.54, 1.807) is 17.3 Å². The van der Waals surface area contributed by atoms with Crippen LogP contribution >= 0.6 is 0 Å². The molecule has 1 saturated carbocycles. The molecular weight excluding hydrogens is 358 g/mol. The predicted molar refractivity (Wildman–Crippen MR) is 115 cm³/mol. The van der Waals surface area contributed by atoms with Gasteiger partial charge >= 0.3 is 0 Å². The van der Waals surface area contributed by atoms with Crippen LogP contribution in [0.15, 0.2) is 42.6 Å². The summed E-state index contributed by atoms with van der Waals surface area (Å²) in [4.78, 5) is 21.6. The minimum Gasteiger partial charge on any atom is -0.337 e. The van der Waals surface area contributed by atoms with Crippen LogP contribution in [0.5, 0.6) is 0 Å². The first-order chi connectivity index (χ1) is 14.3. The summed E-state index contributed by atoms with van der Waals surface area (Å²) >= 11 is 0. The molecule has 0 N–H and O–H groups in total. The number of rotatable bonds is 3. The number of hydrogen-bond acceptors (Lipinski definition) is 3. The molecule has 2 aromatic rings. The molecule has 5 rings (SSSR count). The molecule has 2 aliphatic heterocycles. The molecule has 1 aromatic carbocycles. The van der Waals surface area contributed by atoms with Gasteiger partial charge in [0.1, 0.15) is 5.69 Å². The van der Waals surface area contributed by atoms with Crippen molar-refractivity contribution in [3.63, 3.8) is 0 Å². The topological polar surface area (TPSA) is 36.4 Å². The Morgan fingerprint density at radius 1 is 0.897 bits per heavy atom. The Kier molecular flexibility index (Phi) is 5.36. The van der Waals surface area contributed by atoms with Crippen molar-refractivity contribution in [1.82, 2.24) is 14.8 Å². The lowest BCUT2D eigenvalue weighted by Crippen LogP contribution is -2.41. The Labute approximate surface area is 173 Å². The van der Waals surface area contributed by atoms with Crippen LogP contribution in [0.25, 0.3) is 0 Å². The van der Waals surface area contributed by atoms with Crippen LogP contribution < -0.4 is 0 Å². The lowest BCUT2D eigenvalue weighted by Gasteiger charge is -2.36. The van der Waals surface area contributed by atoms with Crippen molar-refractivity contribution in [2.75, 3.05) is 26.2 Å². The van der Waals surface area contributed by atoms with E-state index < -0.39 is 0 Å². The highest BCUT2D eigenvalue weighted by Crippen LogP contribution is 2.32. The number of aromatic nitrogens is 1. The van der Waals surface area contributed by atoms with E-state index in [9.17, 15) is 4.79 Å². The highest BCUT2D eigenvalue weighted by atomic mass is 16.2. The first kappa shape index (κ1) is 18.8. The quantitative estimate of drug-likeness (QED) is 0.794. The molecule has 1 aromatic heterocycles. The lowest BCUT2D eigenvalue weighted by atomic mass is 9.87. The predicted octanol–water partition coefficient (Wildman–Crippen LogP) is 4.05. The molecule has 4 nitrogen and oxygen atoms in total. The molecule has 4 heteroatoms. The highest BCUT2D eigenvalue weighted by Gasteiger charge is 2.28. The van der Waals surface area contributed by atoms with E-state index in [2.05, 4.69) is 28.1 Å². The fraction of sp³-hybridized carbons (Fsp3) is 0.520. The molecule has 0 bridgehead atoms. The van der Waals surface area contributed by atoms with Crippen molar-refractivity contribution in [2.24, 2.45) is 0 Å². The third kappa shape index (κ3) is 3.95. The molecule has 3 aliphatic rings. The summed E-state index contributed by atoms with van der Waals surface area (Å²) < 4.78 is 0. The minimum absolute atomic E-state index is 0.0714. The number of nitrogens with zero attached hydrogens (tertiary/aromatic N) is 3. The van der Waals surface area contributed by atoms with Gasteiger partial charge in [-0.3, -0.25) is 14.7 Å². The van der Waals surface area contributed by atoms with Crippen molar-refractivity contribution in [2.45, 2.75) is 56.9 Å². The van der Waals surface area contributed by atoms with Gasteiger partial charge in [-0.05, 0) is 73.3 Å². The normalized spacial score (nSPS) is 21.3. The molecule has 1 saturated heterocycles. The van der Waals surface area contributed by atoms with Crippen molar-refractivity contribution < 1.29 is 4.79 Å². The Morgan fingerprint density at radius 2 is 1.69 bits per heavy atom. The highest BCUT2D eigenvalue weighted by molar-refractivity contribution is 5.92. The van der Waals surface area contributed by atoms with Gasteiger partial charge in [-0.15, -0.1) is 0 Å². The Balaban J connectivity index is 1.22. The standard InChI is InChI=1S/C25H31N3O/c29-25(24-6-1-2-13-26-24)28-16-10-20(11-17-28)21-8-7-19-9-14-27(23-4-3-5-23)15-12-22(19)18-21/h1-2,6-8,13,18,20,23H,3-5,9-12,14-17H2. The van der Waals surface area contributed by atoms with E-state index in [0.29, 0.717) is 11.6 Å². The zero-order valence-corrected chi connectivity index (χ0v) is 17.2. The molecule has 0 spiro atoms. The molecular formula is C25H31N3O. The van der Waals surface area contributed by atoms with Gasteiger partial charge in [-0.1, -0.05) is 30.7 Å². The summed E-state index contributed by atoms with van der Waals surface area (Å²) in [5.74, 6) is 0.640. The average molecular weight is 390 g/mol. The number of carbonyl (C=O) groups is 1. The number of benzene rings is 1. The number of hydrogen-bond donors (Lipinski definition) is 0. The number of carbonyl (C=O) groups excluding carboxylic acids is 1. The summed E-state index contributed by atoms with van der Waals surface area (Å²) in [7, 11) is 0. The molecule has 1 aliphatic carbocycles. The van der Waals surface area contributed by atoms with Crippen molar-refractivity contribution in [3.05, 3.63) is 65.0 Å². The zero-order chi connectivity index (χ0) is 19.6. The van der Waals surface area contributed by atoms with Crippen LogP contribution in [0.3, 0.4) is 0 Å². The largest absolute Gasteiger partial charge is 0.337 e. The number of pyridine rings is 1. The summed E-state index contributed by atoms with van der Waals surface area (Å²) in [6, 6.07) is 13.6. The van der Waals surface area contributed by atoms with Crippen LogP contribution in [0.2, 0.25) is 0 Å². The van der Waals surface area contributed by atoms with Crippen LogP contribution in [0.1, 0.15) is 65.2 Å². The second-order valence-corrected chi connectivity index (χ2v) is 8.93. The monoisotopic (exact) mass is 389 g/mol. The number of fused-ring (bicyclic) bond motifs is 1. The van der Waals surface area contributed by atoms with Crippen LogP contribution in [-0.2, 0) is 12.8 Å². The SMILES string of the molecule is O=C(c1ccccn1)N1CCC(c2ccc3c(c2)CCN(C2CCC2)CC3)CC1. The van der Waals surface area contributed by atoms with Crippen LogP contribution in [0, 0.1) is 0 Å². The number of likely N-dealkylation sites (tertiary alicyclic amines) is 1.